The molecule has 1 aliphatic carbocycles. The van der Waals surface area contributed by atoms with Crippen LogP contribution in [0.25, 0.3) is 22.2 Å². The number of nitrogens with two attached hydrogens (primary N) is 1. The van der Waals surface area contributed by atoms with Gasteiger partial charge in [0.1, 0.15) is 5.78 Å². The second kappa shape index (κ2) is 5.74. The van der Waals surface area contributed by atoms with Gasteiger partial charge in [-0.15, -0.1) is 0 Å². The number of nitrogens with zero attached hydrogens (tertiary/aromatic N) is 2. The molecule has 0 spiro atoms. The van der Waals surface area contributed by atoms with Crippen molar-refractivity contribution in [1.29, 1.82) is 0 Å². The monoisotopic (exact) mass is 320 g/mol. The fourth-order valence-electron chi connectivity index (χ4n) is 3.48. The van der Waals surface area contributed by atoms with Gasteiger partial charge in [-0.1, -0.05) is 29.8 Å². The molecule has 2 heterocycles. The van der Waals surface area contributed by atoms with Crippen molar-refractivity contribution in [3.05, 3.63) is 41.6 Å². The highest BCUT2D eigenvalue weighted by molar-refractivity contribution is 6.00. The molecule has 0 aliphatic heterocycles. The predicted octanol–water partition coefficient (Wildman–Crippen LogP) is 3.74. The summed E-state index contributed by atoms with van der Waals surface area (Å²) in [5.41, 5.74) is 11.2. The van der Waals surface area contributed by atoms with E-state index in [1.54, 1.807) is 0 Å². The van der Waals surface area contributed by atoms with Crippen molar-refractivity contribution >= 4 is 22.6 Å². The number of aryl methyl sites for hydroxylation is 1. The number of aromatic nitrogens is 3. The number of H-pyrrole nitrogens is 1. The lowest BCUT2D eigenvalue weighted by atomic mass is 9.85. The molecule has 2 aromatic heterocycles. The van der Waals surface area contributed by atoms with Crippen LogP contribution >= 0.6 is 0 Å². The number of fused-ring (bicyclic) bond motifs is 1. The highest BCUT2D eigenvalue weighted by Crippen LogP contribution is 2.36. The number of hydrogen-bond donors (Lipinski definition) is 2. The van der Waals surface area contributed by atoms with Gasteiger partial charge in [0.2, 0.25) is 0 Å². The van der Waals surface area contributed by atoms with E-state index in [9.17, 15) is 4.79 Å². The topological polar surface area (TPSA) is 84.7 Å². The fraction of sp³-hybridized carbons (Fsp3) is 0.316. The van der Waals surface area contributed by atoms with Gasteiger partial charge in [-0.3, -0.25) is 9.89 Å². The molecule has 122 valence electrons. The first-order chi connectivity index (χ1) is 11.6. The van der Waals surface area contributed by atoms with Crippen molar-refractivity contribution < 1.29 is 4.79 Å². The first-order valence-corrected chi connectivity index (χ1v) is 8.35. The summed E-state index contributed by atoms with van der Waals surface area (Å²) in [6, 6.07) is 10.5. The third kappa shape index (κ3) is 2.56. The molecular formula is C19H20N4O. The Balaban J connectivity index is 1.85. The highest BCUT2D eigenvalue weighted by atomic mass is 16.1. The van der Waals surface area contributed by atoms with Crippen LogP contribution < -0.4 is 5.73 Å². The van der Waals surface area contributed by atoms with Crippen LogP contribution in [0.4, 0.5) is 5.82 Å². The molecule has 24 heavy (non-hydrogen) atoms. The molecule has 3 aromatic rings. The van der Waals surface area contributed by atoms with Crippen LogP contribution in [-0.2, 0) is 4.79 Å². The van der Waals surface area contributed by atoms with E-state index in [1.165, 1.54) is 5.56 Å². The molecular weight excluding hydrogens is 300 g/mol. The standard InChI is InChI=1S/C19H20N4O/c1-11-2-4-12(5-3-11)15-10-16(13-6-8-14(24)9-7-13)21-19-17(15)18(20)22-23-19/h2-5,10,13H,6-9H2,1H3,(H3,20,21,22,23). The quantitative estimate of drug-likeness (QED) is 0.753. The van der Waals surface area contributed by atoms with Crippen LogP contribution in [0.1, 0.15) is 42.9 Å². The SMILES string of the molecule is Cc1ccc(-c2cc(C3CCC(=O)CC3)nc3[nH]nc(N)c23)cc1. The second-order valence-electron chi connectivity index (χ2n) is 6.61. The Bertz CT molecular complexity index is 901. The maximum absolute atomic E-state index is 11.5. The molecule has 1 aliphatic rings. The Hall–Kier alpha value is -2.69. The molecule has 0 amide bonds. The number of anilines is 1. The third-order valence-corrected chi connectivity index (χ3v) is 4.90. The van der Waals surface area contributed by atoms with Crippen molar-refractivity contribution in [1.82, 2.24) is 15.2 Å². The molecule has 0 atom stereocenters. The summed E-state index contributed by atoms with van der Waals surface area (Å²) in [5, 5.41) is 7.95. The smallest absolute Gasteiger partial charge is 0.158 e. The highest BCUT2D eigenvalue weighted by Gasteiger charge is 2.23. The first kappa shape index (κ1) is 14.9. The van der Waals surface area contributed by atoms with E-state index in [1.807, 2.05) is 0 Å². The minimum Gasteiger partial charge on any atom is -0.382 e. The van der Waals surface area contributed by atoms with Crippen LogP contribution in [-0.4, -0.2) is 21.0 Å². The van der Waals surface area contributed by atoms with Crippen LogP contribution in [0.15, 0.2) is 30.3 Å². The summed E-state index contributed by atoms with van der Waals surface area (Å²) in [5.74, 6) is 1.15. The summed E-state index contributed by atoms with van der Waals surface area (Å²) in [6.07, 6.45) is 3.04. The normalized spacial score (nSPS) is 16.0. The van der Waals surface area contributed by atoms with E-state index < -0.39 is 0 Å². The van der Waals surface area contributed by atoms with Gasteiger partial charge in [0.15, 0.2) is 11.5 Å². The van der Waals surface area contributed by atoms with E-state index in [0.29, 0.717) is 30.4 Å². The molecule has 4 rings (SSSR count). The van der Waals surface area contributed by atoms with Crippen molar-refractivity contribution in [3.8, 4) is 11.1 Å². The molecule has 0 saturated heterocycles. The Morgan fingerprint density at radius 2 is 1.88 bits per heavy atom. The number of ketones is 1. The second-order valence-corrected chi connectivity index (χ2v) is 6.61. The molecule has 5 nitrogen and oxygen atoms in total. The number of nitrogen functional groups attached to an aromatic ring is 1. The minimum absolute atomic E-state index is 0.320. The van der Waals surface area contributed by atoms with Gasteiger partial charge < -0.3 is 5.73 Å². The predicted molar refractivity (Wildman–Crippen MR) is 94.7 cm³/mol. The average Bonchev–Trinajstić information content (AvgIpc) is 2.97. The van der Waals surface area contributed by atoms with Crippen molar-refractivity contribution in [2.24, 2.45) is 0 Å². The van der Waals surface area contributed by atoms with Crippen LogP contribution in [0.2, 0.25) is 0 Å². The number of aromatic amines is 1. The summed E-state index contributed by atoms with van der Waals surface area (Å²) in [6.45, 7) is 2.07. The zero-order valence-electron chi connectivity index (χ0n) is 13.7. The van der Waals surface area contributed by atoms with Gasteiger partial charge in [0.05, 0.1) is 5.39 Å². The number of nitrogens with one attached hydrogen (secondary N) is 1. The maximum atomic E-state index is 11.5. The van der Waals surface area contributed by atoms with Crippen LogP contribution in [0.5, 0.6) is 0 Å². The molecule has 1 aromatic carbocycles. The fourth-order valence-corrected chi connectivity index (χ4v) is 3.48. The Morgan fingerprint density at radius 1 is 1.17 bits per heavy atom. The van der Waals surface area contributed by atoms with E-state index in [-0.39, 0.29) is 0 Å². The molecule has 0 unspecified atom stereocenters. The van der Waals surface area contributed by atoms with E-state index >= 15 is 0 Å². The van der Waals surface area contributed by atoms with Crippen molar-refractivity contribution in [2.75, 3.05) is 5.73 Å². The van der Waals surface area contributed by atoms with Crippen molar-refractivity contribution in [2.45, 2.75) is 38.5 Å². The molecule has 3 N–H and O–H groups in total. The largest absolute Gasteiger partial charge is 0.382 e. The lowest BCUT2D eigenvalue weighted by molar-refractivity contribution is -0.120. The number of pyridine rings is 1. The Kier molecular flexibility index (Phi) is 3.56. The van der Waals surface area contributed by atoms with Gasteiger partial charge in [-0.2, -0.15) is 5.10 Å². The number of benzene rings is 1. The van der Waals surface area contributed by atoms with Gasteiger partial charge in [-0.05, 0) is 37.0 Å². The zero-order valence-corrected chi connectivity index (χ0v) is 13.7. The molecule has 1 saturated carbocycles. The summed E-state index contributed by atoms with van der Waals surface area (Å²) >= 11 is 0. The molecule has 0 bridgehead atoms. The lowest BCUT2D eigenvalue weighted by Gasteiger charge is -2.21. The minimum atomic E-state index is 0.320. The first-order valence-electron chi connectivity index (χ1n) is 8.35. The van der Waals surface area contributed by atoms with Crippen LogP contribution in [0.3, 0.4) is 0 Å². The third-order valence-electron chi connectivity index (χ3n) is 4.90. The lowest BCUT2D eigenvalue weighted by Crippen LogP contribution is -2.13. The number of hydrogen-bond acceptors (Lipinski definition) is 4. The molecule has 0 radical (unpaired) electrons. The van der Waals surface area contributed by atoms with Crippen molar-refractivity contribution in [3.63, 3.8) is 0 Å². The summed E-state index contributed by atoms with van der Waals surface area (Å²) in [4.78, 5) is 16.3. The Morgan fingerprint density at radius 3 is 2.58 bits per heavy atom. The van der Waals surface area contributed by atoms with Crippen LogP contribution in [0, 0.1) is 6.92 Å². The number of carbonyl (C=O) groups excluding carboxylic acids is 1. The van der Waals surface area contributed by atoms with E-state index in [0.717, 1.165) is 40.7 Å². The maximum Gasteiger partial charge on any atom is 0.158 e. The number of rotatable bonds is 2. The average molecular weight is 320 g/mol. The van der Waals surface area contributed by atoms with Gasteiger partial charge in [-0.25, -0.2) is 4.98 Å². The number of carbonyl (C=O) groups is 1. The van der Waals surface area contributed by atoms with E-state index in [4.69, 9.17) is 10.7 Å². The molecule has 5 heteroatoms. The number of Topliss-reactive ketones (excluding diaryl/α,β-unsaturated/α-hetero) is 1. The van der Waals surface area contributed by atoms with Gasteiger partial charge >= 0.3 is 0 Å². The molecule has 1 fully saturated rings. The van der Waals surface area contributed by atoms with Gasteiger partial charge in [0, 0.05) is 24.5 Å². The Labute approximate surface area is 140 Å². The van der Waals surface area contributed by atoms with E-state index in [2.05, 4.69) is 47.5 Å². The summed E-state index contributed by atoms with van der Waals surface area (Å²) in [7, 11) is 0. The zero-order chi connectivity index (χ0) is 16.7. The van der Waals surface area contributed by atoms with Gasteiger partial charge in [0.25, 0.3) is 0 Å². The summed E-state index contributed by atoms with van der Waals surface area (Å²) < 4.78 is 0.